The Morgan fingerprint density at radius 3 is 2.02 bits per heavy atom. The molecule has 2 fully saturated rings. The third-order valence-corrected chi connectivity index (χ3v) is 9.59. The molecular weight excluding hydrogens is 562 g/mol. The molecule has 0 unspecified atom stereocenters. The number of carbonyl (C=O) groups excluding carboxylic acids is 3. The highest BCUT2D eigenvalue weighted by molar-refractivity contribution is 6.23. The van der Waals surface area contributed by atoms with E-state index in [4.69, 9.17) is 17.6 Å². The van der Waals surface area contributed by atoms with Gasteiger partial charge in [-0.05, 0) is 93.0 Å². The molecule has 1 heterocycles. The summed E-state index contributed by atoms with van der Waals surface area (Å²) >= 11 is 0. The summed E-state index contributed by atoms with van der Waals surface area (Å²) in [5, 5.41) is 13.7. The van der Waals surface area contributed by atoms with E-state index < -0.39 is 11.0 Å². The zero-order valence-electron chi connectivity index (χ0n) is 26.9. The van der Waals surface area contributed by atoms with Crippen LogP contribution in [0, 0.1) is 44.0 Å². The summed E-state index contributed by atoms with van der Waals surface area (Å²) in [5.41, 5.74) is 4.54. The van der Waals surface area contributed by atoms with Gasteiger partial charge < -0.3 is 15.2 Å². The number of ketones is 1. The van der Waals surface area contributed by atoms with Gasteiger partial charge in [0.2, 0.25) is 0 Å². The average Bonchev–Trinajstić information content (AvgIpc) is 3.26. The van der Waals surface area contributed by atoms with Crippen LogP contribution >= 0.6 is 0 Å². The second kappa shape index (κ2) is 14.7. The first kappa shape index (κ1) is 33.6. The van der Waals surface area contributed by atoms with Crippen molar-refractivity contribution in [1.82, 2.24) is 5.32 Å². The number of carbonyl (C=O) groups is 3. The van der Waals surface area contributed by atoms with Gasteiger partial charge >= 0.3 is 5.97 Å². The lowest BCUT2D eigenvalue weighted by atomic mass is 9.70. The number of terminal acetylenes is 2. The molecule has 1 spiro atoms. The van der Waals surface area contributed by atoms with Crippen LogP contribution in [0.3, 0.4) is 0 Å². The predicted molar refractivity (Wildman–Crippen MR) is 177 cm³/mol. The molecule has 0 atom stereocenters. The van der Waals surface area contributed by atoms with Crippen LogP contribution in [-0.4, -0.2) is 34.9 Å². The molecule has 236 valence electrons. The molecule has 6 heteroatoms. The molecule has 2 saturated carbocycles. The number of rotatable bonds is 7. The Morgan fingerprint density at radius 2 is 1.47 bits per heavy atom. The van der Waals surface area contributed by atoms with E-state index in [2.05, 4.69) is 17.2 Å². The molecule has 0 radical (unpaired) electrons. The normalized spacial score (nSPS) is 18.2. The highest BCUT2D eigenvalue weighted by atomic mass is 16.5. The standard InChI is InChI=1S/C21H26O3.C18H19NO2/c1-4-17-9-10-18(16(3)13-17)14-19(22)15-21(20(23)24-5-2)11-7-6-8-12-21;1-3-13-7-8-14(12(2)11-13)15-16(20)18(19-17(15)21)9-5-4-6-10-18/h1,9-10,13H,5-8,11-12,14-15H2,2-3H3;1,7-8,11,20H,4-6,9-10H2,2H3,(H,19,21). The van der Waals surface area contributed by atoms with Crippen LogP contribution in [0.5, 0.6) is 0 Å². The van der Waals surface area contributed by atoms with E-state index in [1.54, 1.807) is 0 Å². The Bertz CT molecular complexity index is 1550. The molecule has 0 aromatic heterocycles. The van der Waals surface area contributed by atoms with Crippen LogP contribution in [-0.2, 0) is 25.5 Å². The van der Waals surface area contributed by atoms with Crippen LogP contribution in [0.2, 0.25) is 0 Å². The maximum atomic E-state index is 12.7. The third-order valence-electron chi connectivity index (χ3n) is 9.59. The number of benzene rings is 2. The van der Waals surface area contributed by atoms with Crippen molar-refractivity contribution in [2.45, 2.75) is 103 Å². The van der Waals surface area contributed by atoms with E-state index in [0.29, 0.717) is 18.6 Å². The lowest BCUT2D eigenvalue weighted by molar-refractivity contribution is -0.159. The molecule has 2 N–H and O–H groups in total. The maximum absolute atomic E-state index is 12.7. The summed E-state index contributed by atoms with van der Waals surface area (Å²) in [5.74, 6) is 5.13. The highest BCUT2D eigenvalue weighted by Gasteiger charge is 2.46. The first-order valence-electron chi connectivity index (χ1n) is 16.2. The van der Waals surface area contributed by atoms with Gasteiger partial charge in [0.25, 0.3) is 5.91 Å². The number of esters is 1. The van der Waals surface area contributed by atoms with Gasteiger partial charge in [0.05, 0.1) is 23.1 Å². The summed E-state index contributed by atoms with van der Waals surface area (Å²) in [6, 6.07) is 11.2. The number of ether oxygens (including phenoxy) is 1. The van der Waals surface area contributed by atoms with Crippen molar-refractivity contribution >= 4 is 23.2 Å². The second-order valence-electron chi connectivity index (χ2n) is 12.7. The summed E-state index contributed by atoms with van der Waals surface area (Å²) in [6.07, 6.45) is 20.9. The summed E-state index contributed by atoms with van der Waals surface area (Å²) in [4.78, 5) is 37.5. The molecule has 0 bridgehead atoms. The predicted octanol–water partition coefficient (Wildman–Crippen LogP) is 7.07. The van der Waals surface area contributed by atoms with Gasteiger partial charge in [0.15, 0.2) is 0 Å². The van der Waals surface area contributed by atoms with Crippen LogP contribution < -0.4 is 5.32 Å². The van der Waals surface area contributed by atoms with Crippen molar-refractivity contribution in [2.24, 2.45) is 5.41 Å². The Morgan fingerprint density at radius 1 is 0.889 bits per heavy atom. The van der Waals surface area contributed by atoms with E-state index in [-0.39, 0.29) is 29.8 Å². The number of hydrogen-bond donors (Lipinski definition) is 2. The Hall–Kier alpha value is -4.29. The number of Topliss-reactive ketones (excluding diaryl/α,β-unsaturated/α-hetero) is 1. The molecule has 3 aliphatic rings. The number of aliphatic hydroxyl groups excluding tert-OH is 1. The number of nitrogens with one attached hydrogen (secondary N) is 1. The van der Waals surface area contributed by atoms with Gasteiger partial charge in [-0.2, -0.15) is 0 Å². The molecule has 2 aliphatic carbocycles. The van der Waals surface area contributed by atoms with Gasteiger partial charge in [0, 0.05) is 24.0 Å². The number of hydrogen-bond acceptors (Lipinski definition) is 5. The monoisotopic (exact) mass is 607 g/mol. The maximum Gasteiger partial charge on any atom is 0.312 e. The minimum atomic E-state index is -0.613. The fourth-order valence-corrected chi connectivity index (χ4v) is 7.09. The van der Waals surface area contributed by atoms with Gasteiger partial charge in [-0.25, -0.2) is 0 Å². The van der Waals surface area contributed by atoms with E-state index >= 15 is 0 Å². The van der Waals surface area contributed by atoms with E-state index in [9.17, 15) is 19.5 Å². The van der Waals surface area contributed by atoms with Crippen molar-refractivity contribution in [2.75, 3.05) is 6.61 Å². The summed E-state index contributed by atoms with van der Waals surface area (Å²) < 4.78 is 5.28. The van der Waals surface area contributed by atoms with Crippen molar-refractivity contribution < 1.29 is 24.2 Å². The summed E-state index contributed by atoms with van der Waals surface area (Å²) in [6.45, 7) is 6.05. The second-order valence-corrected chi connectivity index (χ2v) is 12.7. The number of aryl methyl sites for hydroxylation is 2. The van der Waals surface area contributed by atoms with Crippen molar-refractivity contribution in [1.29, 1.82) is 0 Å². The molecular formula is C39H45NO5. The third kappa shape index (κ3) is 7.51. The lowest BCUT2D eigenvalue weighted by Crippen LogP contribution is -2.46. The zero-order valence-corrected chi connectivity index (χ0v) is 26.9. The number of aliphatic hydroxyl groups is 1. The van der Waals surface area contributed by atoms with Crippen molar-refractivity contribution in [3.8, 4) is 24.7 Å². The van der Waals surface area contributed by atoms with E-state index in [1.807, 2.05) is 57.2 Å². The van der Waals surface area contributed by atoms with Crippen LogP contribution in [0.15, 0.2) is 42.2 Å². The zero-order chi connectivity index (χ0) is 32.6. The first-order valence-corrected chi connectivity index (χ1v) is 16.2. The quantitative estimate of drug-likeness (QED) is 0.260. The molecule has 2 aromatic rings. The van der Waals surface area contributed by atoms with Gasteiger partial charge in [-0.3, -0.25) is 14.4 Å². The minimum absolute atomic E-state index is 0.0986. The topological polar surface area (TPSA) is 92.7 Å². The van der Waals surface area contributed by atoms with Crippen LogP contribution in [0.25, 0.3) is 5.57 Å². The molecule has 5 rings (SSSR count). The molecule has 6 nitrogen and oxygen atoms in total. The Kier molecular flexibility index (Phi) is 10.9. The van der Waals surface area contributed by atoms with Crippen molar-refractivity contribution in [3.63, 3.8) is 0 Å². The van der Waals surface area contributed by atoms with Gasteiger partial charge in [-0.15, -0.1) is 12.8 Å². The van der Waals surface area contributed by atoms with Crippen LogP contribution in [0.1, 0.15) is 111 Å². The SMILES string of the molecule is C#Cc1ccc(C2=C(O)C3(CCCCC3)NC2=O)c(C)c1.C#Cc1ccc(CC(=O)CC2(C(=O)OCC)CCCCC2)c(C)c1. The molecule has 45 heavy (non-hydrogen) atoms. The largest absolute Gasteiger partial charge is 0.509 e. The smallest absolute Gasteiger partial charge is 0.312 e. The Labute approximate surface area is 268 Å². The molecule has 1 aliphatic heterocycles. The van der Waals surface area contributed by atoms with Crippen LogP contribution in [0.4, 0.5) is 0 Å². The molecule has 2 aromatic carbocycles. The Balaban J connectivity index is 0.000000206. The number of amides is 1. The van der Waals surface area contributed by atoms with Gasteiger partial charge in [0.1, 0.15) is 11.5 Å². The van der Waals surface area contributed by atoms with E-state index in [0.717, 1.165) is 97.6 Å². The average molecular weight is 608 g/mol. The highest BCUT2D eigenvalue weighted by Crippen LogP contribution is 2.42. The van der Waals surface area contributed by atoms with E-state index in [1.165, 1.54) is 0 Å². The summed E-state index contributed by atoms with van der Waals surface area (Å²) in [7, 11) is 0. The minimum Gasteiger partial charge on any atom is -0.509 e. The lowest BCUT2D eigenvalue weighted by Gasteiger charge is -2.34. The molecule has 1 amide bonds. The fraction of sp³-hybridized carbons (Fsp3) is 0.462. The van der Waals surface area contributed by atoms with Crippen molar-refractivity contribution in [3.05, 3.63) is 75.5 Å². The fourth-order valence-electron chi connectivity index (χ4n) is 7.09. The first-order chi connectivity index (χ1) is 21.6. The van der Waals surface area contributed by atoms with Gasteiger partial charge in [-0.1, -0.05) is 62.5 Å². The molecule has 0 saturated heterocycles.